The zero-order chi connectivity index (χ0) is 21.8. The van der Waals surface area contributed by atoms with Gasteiger partial charge in [0.25, 0.3) is 0 Å². The van der Waals surface area contributed by atoms with Crippen LogP contribution < -0.4 is 15.0 Å². The first kappa shape index (κ1) is 22.3. The lowest BCUT2D eigenvalue weighted by Gasteiger charge is -2.37. The maximum Gasteiger partial charge on any atom is 0.235 e. The zero-order valence-electron chi connectivity index (χ0n) is 18.4. The Bertz CT molecular complexity index is 875. The summed E-state index contributed by atoms with van der Waals surface area (Å²) in [5, 5.41) is 2.89. The van der Waals surface area contributed by atoms with Crippen LogP contribution in [0.25, 0.3) is 0 Å². The number of aromatic nitrogens is 1. The van der Waals surface area contributed by atoms with Gasteiger partial charge in [0.15, 0.2) is 21.4 Å². The van der Waals surface area contributed by atoms with Gasteiger partial charge in [0, 0.05) is 56.7 Å². The molecule has 0 bridgehead atoms. The van der Waals surface area contributed by atoms with E-state index in [2.05, 4.69) is 26.2 Å². The van der Waals surface area contributed by atoms with Crippen LogP contribution in [0.5, 0.6) is 5.75 Å². The molecule has 1 saturated heterocycles. The summed E-state index contributed by atoms with van der Waals surface area (Å²) in [6, 6.07) is 2.19. The number of hydrogen-bond donors (Lipinski definition) is 1. The van der Waals surface area contributed by atoms with Crippen molar-refractivity contribution in [1.82, 2.24) is 15.2 Å². The molecule has 1 N–H and O–H groups in total. The Balaban J connectivity index is 1.15. The van der Waals surface area contributed by atoms with Crippen molar-refractivity contribution in [3.8, 4) is 5.75 Å². The number of hydrogen-bond acceptors (Lipinski definition) is 7. The van der Waals surface area contributed by atoms with Gasteiger partial charge in [0.2, 0.25) is 5.91 Å². The molecular weight excluding hydrogens is 416 g/mol. The number of ether oxygens (including phenoxy) is 1. The van der Waals surface area contributed by atoms with Crippen molar-refractivity contribution in [3.63, 3.8) is 0 Å². The molecule has 0 radical (unpaired) electrons. The molecule has 0 unspecified atom stereocenters. The number of rotatable bonds is 7. The summed E-state index contributed by atoms with van der Waals surface area (Å²) >= 11 is 0. The lowest BCUT2D eigenvalue weighted by atomic mass is 9.84. The summed E-state index contributed by atoms with van der Waals surface area (Å²) in [5.74, 6) is 1.90. The van der Waals surface area contributed by atoms with Crippen molar-refractivity contribution >= 4 is 21.6 Å². The molecule has 8 nitrogen and oxygen atoms in total. The van der Waals surface area contributed by atoms with Crippen LogP contribution in [0, 0.1) is 5.92 Å². The molecule has 0 spiro atoms. The third kappa shape index (κ3) is 6.10. The van der Waals surface area contributed by atoms with E-state index in [9.17, 15) is 13.2 Å². The van der Waals surface area contributed by atoms with Gasteiger partial charge in [0.1, 0.15) is 5.75 Å². The van der Waals surface area contributed by atoms with Crippen LogP contribution in [0.4, 0.5) is 5.82 Å². The van der Waals surface area contributed by atoms with E-state index in [0.717, 1.165) is 89.3 Å². The first-order valence-corrected chi connectivity index (χ1v) is 13.5. The number of carbonyl (C=O) groups excluding carboxylic acids is 1. The van der Waals surface area contributed by atoms with Crippen molar-refractivity contribution in [2.45, 2.75) is 44.6 Å². The second kappa shape index (κ2) is 9.73. The molecule has 4 rings (SSSR count). The number of pyridine rings is 1. The molecule has 31 heavy (non-hydrogen) atoms. The Labute approximate surface area is 185 Å². The van der Waals surface area contributed by atoms with Crippen LogP contribution in [0.3, 0.4) is 0 Å². The lowest BCUT2D eigenvalue weighted by Crippen LogP contribution is -2.47. The second-order valence-corrected chi connectivity index (χ2v) is 11.3. The molecule has 9 heteroatoms. The minimum absolute atomic E-state index is 0.122. The van der Waals surface area contributed by atoms with Gasteiger partial charge in [-0.2, -0.15) is 0 Å². The average Bonchev–Trinajstić information content (AvgIpc) is 3.21. The number of nitrogens with zero attached hydrogens (tertiary/aromatic N) is 3. The molecule has 172 valence electrons. The van der Waals surface area contributed by atoms with Crippen LogP contribution in [-0.2, 0) is 21.1 Å². The first-order valence-electron chi connectivity index (χ1n) is 11.4. The molecule has 0 atom stereocenters. The Kier molecular flexibility index (Phi) is 7.01. The average molecular weight is 451 g/mol. The highest BCUT2D eigenvalue weighted by molar-refractivity contribution is 7.91. The van der Waals surface area contributed by atoms with Crippen LogP contribution in [0.1, 0.15) is 37.7 Å². The Hall–Kier alpha value is -1.87. The van der Waals surface area contributed by atoms with Crippen molar-refractivity contribution in [2.75, 3.05) is 56.2 Å². The number of sulfone groups is 1. The van der Waals surface area contributed by atoms with E-state index in [0.29, 0.717) is 5.92 Å². The molecule has 0 aromatic carbocycles. The van der Waals surface area contributed by atoms with Crippen LogP contribution in [0.2, 0.25) is 0 Å². The molecule has 3 aliphatic rings. The highest BCUT2D eigenvalue weighted by Crippen LogP contribution is 2.34. The fourth-order valence-corrected chi connectivity index (χ4v) is 5.53. The summed E-state index contributed by atoms with van der Waals surface area (Å²) in [7, 11) is -3.26. The highest BCUT2D eigenvalue weighted by atomic mass is 32.2. The summed E-state index contributed by atoms with van der Waals surface area (Å²) in [6.07, 6.45) is 9.25. The fraction of sp³-hybridized carbons (Fsp3) is 0.727. The summed E-state index contributed by atoms with van der Waals surface area (Å²) in [6.45, 7) is 5.92. The van der Waals surface area contributed by atoms with Gasteiger partial charge in [-0.05, 0) is 50.6 Å². The number of fused-ring (bicyclic) bond motifs is 1. The summed E-state index contributed by atoms with van der Waals surface area (Å²) in [5.41, 5.74) is 1.27. The predicted octanol–water partition coefficient (Wildman–Crippen LogP) is 1.25. The van der Waals surface area contributed by atoms with Crippen molar-refractivity contribution in [3.05, 3.63) is 17.8 Å². The summed E-state index contributed by atoms with van der Waals surface area (Å²) < 4.78 is 28.3. The number of amides is 1. The van der Waals surface area contributed by atoms with E-state index < -0.39 is 15.6 Å². The number of nitrogens with one attached hydrogen (secondary N) is 1. The van der Waals surface area contributed by atoms with Gasteiger partial charge in [-0.25, -0.2) is 13.4 Å². The molecule has 1 aromatic rings. The van der Waals surface area contributed by atoms with Crippen molar-refractivity contribution in [1.29, 1.82) is 0 Å². The van der Waals surface area contributed by atoms with E-state index >= 15 is 0 Å². The zero-order valence-corrected chi connectivity index (χ0v) is 19.2. The number of piperazine rings is 1. The third-order valence-electron chi connectivity index (χ3n) is 6.72. The van der Waals surface area contributed by atoms with Crippen molar-refractivity contribution in [2.24, 2.45) is 5.92 Å². The normalized spacial score (nSPS) is 24.5. The molecule has 1 amide bonds. The van der Waals surface area contributed by atoms with E-state index in [4.69, 9.17) is 4.74 Å². The standard InChI is InChI=1S/C22H34N4O4S/c1-31(28,29)16-20(27)24-19-4-2-17(3-5-19)7-10-25-11-13-26(14-12-25)22-21-18(6-9-23-22)8-15-30-21/h6,9,17,19H,2-5,7-8,10-16H2,1H3,(H,24,27). The topological polar surface area (TPSA) is 91.8 Å². The molecule has 2 fully saturated rings. The maximum atomic E-state index is 11.8. The minimum atomic E-state index is -3.26. The van der Waals surface area contributed by atoms with Gasteiger partial charge in [0.05, 0.1) is 6.61 Å². The van der Waals surface area contributed by atoms with Crippen LogP contribution in [-0.4, -0.2) is 81.6 Å². The van der Waals surface area contributed by atoms with Gasteiger partial charge in [-0.3, -0.25) is 9.69 Å². The minimum Gasteiger partial charge on any atom is -0.489 e. The Morgan fingerprint density at radius 2 is 1.94 bits per heavy atom. The SMILES string of the molecule is CS(=O)(=O)CC(=O)NC1CCC(CCN2CCN(c3nccc4c3OCC4)CC2)CC1. The smallest absolute Gasteiger partial charge is 0.235 e. The van der Waals surface area contributed by atoms with E-state index in [1.807, 2.05) is 6.20 Å². The quantitative estimate of drug-likeness (QED) is 0.668. The summed E-state index contributed by atoms with van der Waals surface area (Å²) in [4.78, 5) is 21.3. The molecule has 2 aliphatic heterocycles. The van der Waals surface area contributed by atoms with Gasteiger partial charge in [-0.1, -0.05) is 0 Å². The molecule has 1 aromatic heterocycles. The second-order valence-electron chi connectivity index (χ2n) is 9.19. The Morgan fingerprint density at radius 3 is 2.65 bits per heavy atom. The highest BCUT2D eigenvalue weighted by Gasteiger charge is 2.27. The third-order valence-corrected chi connectivity index (χ3v) is 7.50. The molecular formula is C22H34N4O4S. The van der Waals surface area contributed by atoms with Crippen LogP contribution in [0.15, 0.2) is 12.3 Å². The lowest BCUT2D eigenvalue weighted by molar-refractivity contribution is -0.119. The predicted molar refractivity (Wildman–Crippen MR) is 120 cm³/mol. The Morgan fingerprint density at radius 1 is 1.19 bits per heavy atom. The first-order chi connectivity index (χ1) is 14.9. The van der Waals surface area contributed by atoms with E-state index in [1.54, 1.807) is 0 Å². The molecule has 1 saturated carbocycles. The fourth-order valence-electron chi connectivity index (χ4n) is 4.97. The van der Waals surface area contributed by atoms with Crippen LogP contribution >= 0.6 is 0 Å². The van der Waals surface area contributed by atoms with E-state index in [1.165, 1.54) is 12.0 Å². The number of anilines is 1. The maximum absolute atomic E-state index is 11.8. The van der Waals surface area contributed by atoms with E-state index in [-0.39, 0.29) is 11.9 Å². The largest absolute Gasteiger partial charge is 0.489 e. The number of carbonyl (C=O) groups is 1. The van der Waals surface area contributed by atoms with Crippen molar-refractivity contribution < 1.29 is 17.9 Å². The van der Waals surface area contributed by atoms with Gasteiger partial charge < -0.3 is 15.0 Å². The monoisotopic (exact) mass is 450 g/mol. The molecule has 1 aliphatic carbocycles. The van der Waals surface area contributed by atoms with Gasteiger partial charge >= 0.3 is 0 Å². The van der Waals surface area contributed by atoms with Gasteiger partial charge in [-0.15, -0.1) is 0 Å². The molecule has 3 heterocycles.